The average molecular weight is 365 g/mol. The second kappa shape index (κ2) is 5.96. The molecule has 1 aliphatic rings. The van der Waals surface area contributed by atoms with Crippen LogP contribution in [0.15, 0.2) is 41.5 Å². The first-order chi connectivity index (χ1) is 12.0. The van der Waals surface area contributed by atoms with E-state index in [4.69, 9.17) is 0 Å². The van der Waals surface area contributed by atoms with Crippen molar-refractivity contribution >= 4 is 21.6 Å². The fraction of sp³-hybridized carbons (Fsp3) is 0.294. The fourth-order valence-electron chi connectivity index (χ4n) is 3.25. The molecule has 0 saturated heterocycles. The standard InChI is InChI=1S/C17H14F3N3OS/c18-17(19,20)14(10-4-2-1-3-5-10)23-9-22-15-13(16(23)24)11-6-7-21-8-12(11)25-15/h1-5,9,14,21H,6-8H2. The predicted molar refractivity (Wildman–Crippen MR) is 89.9 cm³/mol. The van der Waals surface area contributed by atoms with E-state index in [-0.39, 0.29) is 5.56 Å². The van der Waals surface area contributed by atoms with Crippen molar-refractivity contribution < 1.29 is 13.2 Å². The minimum atomic E-state index is -4.60. The van der Waals surface area contributed by atoms with Gasteiger partial charge in [-0.05, 0) is 24.1 Å². The van der Waals surface area contributed by atoms with Crippen LogP contribution in [0.3, 0.4) is 0 Å². The highest BCUT2D eigenvalue weighted by atomic mass is 32.1. The Kier molecular flexibility index (Phi) is 3.88. The number of alkyl halides is 3. The molecule has 0 saturated carbocycles. The van der Waals surface area contributed by atoms with Crippen LogP contribution in [0.5, 0.6) is 0 Å². The molecule has 0 spiro atoms. The van der Waals surface area contributed by atoms with Crippen LogP contribution in [0.25, 0.3) is 10.2 Å². The first kappa shape index (κ1) is 16.3. The third-order valence-corrected chi connectivity index (χ3v) is 5.50. The Morgan fingerprint density at radius 1 is 1.24 bits per heavy atom. The third kappa shape index (κ3) is 2.75. The molecule has 0 fully saturated rings. The summed E-state index contributed by atoms with van der Waals surface area (Å²) in [6.07, 6.45) is -2.96. The van der Waals surface area contributed by atoms with Gasteiger partial charge >= 0.3 is 6.18 Å². The minimum absolute atomic E-state index is 0.0176. The molecule has 3 aromatic rings. The van der Waals surface area contributed by atoms with Crippen molar-refractivity contribution in [3.8, 4) is 0 Å². The van der Waals surface area contributed by atoms with Crippen LogP contribution in [0.1, 0.15) is 22.0 Å². The Morgan fingerprint density at radius 3 is 2.72 bits per heavy atom. The van der Waals surface area contributed by atoms with Crippen molar-refractivity contribution in [3.05, 3.63) is 63.0 Å². The number of halogens is 3. The zero-order valence-electron chi connectivity index (χ0n) is 13.0. The summed E-state index contributed by atoms with van der Waals surface area (Å²) in [7, 11) is 0. The molecule has 1 atom stereocenters. The Bertz CT molecular complexity index is 978. The van der Waals surface area contributed by atoms with Crippen LogP contribution < -0.4 is 10.9 Å². The maximum atomic E-state index is 13.7. The maximum absolute atomic E-state index is 13.7. The molecule has 0 bridgehead atoms. The van der Waals surface area contributed by atoms with Crippen LogP contribution in [-0.2, 0) is 13.0 Å². The Balaban J connectivity index is 1.96. The van der Waals surface area contributed by atoms with E-state index < -0.39 is 17.8 Å². The number of benzene rings is 1. The molecule has 1 aliphatic heterocycles. The van der Waals surface area contributed by atoms with Crippen molar-refractivity contribution in [1.29, 1.82) is 0 Å². The number of fused-ring (bicyclic) bond motifs is 3. The lowest BCUT2D eigenvalue weighted by molar-refractivity contribution is -0.157. The van der Waals surface area contributed by atoms with Gasteiger partial charge in [-0.1, -0.05) is 30.3 Å². The molecule has 130 valence electrons. The lowest BCUT2D eigenvalue weighted by Crippen LogP contribution is -2.35. The zero-order chi connectivity index (χ0) is 17.6. The van der Waals surface area contributed by atoms with Gasteiger partial charge in [0.2, 0.25) is 0 Å². The number of hydrogen-bond donors (Lipinski definition) is 1. The first-order valence-electron chi connectivity index (χ1n) is 7.80. The number of aromatic nitrogens is 2. The molecule has 25 heavy (non-hydrogen) atoms. The monoisotopic (exact) mass is 365 g/mol. The summed E-state index contributed by atoms with van der Waals surface area (Å²) in [6, 6.07) is 5.41. The Hall–Kier alpha value is -2.19. The van der Waals surface area contributed by atoms with Gasteiger partial charge in [0, 0.05) is 11.4 Å². The summed E-state index contributed by atoms with van der Waals surface area (Å²) in [4.78, 5) is 18.6. The van der Waals surface area contributed by atoms with E-state index in [9.17, 15) is 18.0 Å². The highest BCUT2D eigenvalue weighted by molar-refractivity contribution is 7.18. The summed E-state index contributed by atoms with van der Waals surface area (Å²) in [5, 5.41) is 3.53. The second-order valence-electron chi connectivity index (χ2n) is 5.92. The number of nitrogens with zero attached hydrogens (tertiary/aromatic N) is 2. The van der Waals surface area contributed by atoms with Gasteiger partial charge in [-0.2, -0.15) is 13.2 Å². The molecule has 0 amide bonds. The SMILES string of the molecule is O=c1c2c3c(sc2ncn1C(c1ccccc1)C(F)(F)F)CNCC3. The first-order valence-corrected chi connectivity index (χ1v) is 8.62. The summed E-state index contributed by atoms with van der Waals surface area (Å²) in [5.74, 6) is 0. The van der Waals surface area contributed by atoms with Gasteiger partial charge in [-0.15, -0.1) is 11.3 Å². The number of thiophene rings is 1. The van der Waals surface area contributed by atoms with Crippen molar-refractivity contribution in [3.63, 3.8) is 0 Å². The van der Waals surface area contributed by atoms with Gasteiger partial charge in [0.1, 0.15) is 11.2 Å². The van der Waals surface area contributed by atoms with E-state index >= 15 is 0 Å². The van der Waals surface area contributed by atoms with E-state index in [2.05, 4.69) is 10.3 Å². The van der Waals surface area contributed by atoms with Gasteiger partial charge in [0.25, 0.3) is 5.56 Å². The number of hydrogen-bond acceptors (Lipinski definition) is 4. The molecule has 1 N–H and O–H groups in total. The normalized spacial score (nSPS) is 16.0. The summed E-state index contributed by atoms with van der Waals surface area (Å²) in [6.45, 7) is 1.33. The van der Waals surface area contributed by atoms with Gasteiger partial charge in [0.05, 0.1) is 5.39 Å². The van der Waals surface area contributed by atoms with E-state index in [1.807, 2.05) is 0 Å². The molecule has 4 nitrogen and oxygen atoms in total. The highest BCUT2D eigenvalue weighted by Crippen LogP contribution is 2.36. The minimum Gasteiger partial charge on any atom is -0.312 e. The number of rotatable bonds is 2. The van der Waals surface area contributed by atoms with Gasteiger partial charge < -0.3 is 5.32 Å². The quantitative estimate of drug-likeness (QED) is 0.758. The average Bonchev–Trinajstić information content (AvgIpc) is 2.96. The molecule has 1 aromatic carbocycles. The molecular formula is C17H14F3N3OS. The van der Waals surface area contributed by atoms with Crippen LogP contribution in [0.2, 0.25) is 0 Å². The zero-order valence-corrected chi connectivity index (χ0v) is 13.8. The Labute approximate surface area is 144 Å². The second-order valence-corrected chi connectivity index (χ2v) is 7.01. The lowest BCUT2D eigenvalue weighted by atomic mass is 10.0. The van der Waals surface area contributed by atoms with Crippen LogP contribution in [0, 0.1) is 0 Å². The summed E-state index contributed by atoms with van der Waals surface area (Å²) < 4.78 is 41.9. The molecule has 8 heteroatoms. The van der Waals surface area contributed by atoms with Crippen molar-refractivity contribution in [2.24, 2.45) is 0 Å². The van der Waals surface area contributed by atoms with E-state index in [1.54, 1.807) is 6.07 Å². The Morgan fingerprint density at radius 2 is 2.00 bits per heavy atom. The largest absolute Gasteiger partial charge is 0.413 e. The topological polar surface area (TPSA) is 46.9 Å². The van der Waals surface area contributed by atoms with Crippen molar-refractivity contribution in [2.75, 3.05) is 6.54 Å². The predicted octanol–water partition coefficient (Wildman–Crippen LogP) is 3.26. The highest BCUT2D eigenvalue weighted by Gasteiger charge is 2.43. The molecule has 3 heterocycles. The molecule has 0 aliphatic carbocycles. The molecule has 1 unspecified atom stereocenters. The van der Waals surface area contributed by atoms with E-state index in [1.165, 1.54) is 35.6 Å². The van der Waals surface area contributed by atoms with Gasteiger partial charge in [0.15, 0.2) is 6.04 Å². The fourth-order valence-corrected chi connectivity index (χ4v) is 4.40. The molecule has 2 aromatic heterocycles. The van der Waals surface area contributed by atoms with Crippen LogP contribution in [0.4, 0.5) is 13.2 Å². The van der Waals surface area contributed by atoms with Crippen LogP contribution in [-0.4, -0.2) is 22.3 Å². The molecule has 4 rings (SSSR count). The van der Waals surface area contributed by atoms with Gasteiger partial charge in [-0.3, -0.25) is 9.36 Å². The van der Waals surface area contributed by atoms with Crippen molar-refractivity contribution in [2.45, 2.75) is 25.2 Å². The van der Waals surface area contributed by atoms with E-state index in [0.717, 1.165) is 16.8 Å². The summed E-state index contributed by atoms with van der Waals surface area (Å²) >= 11 is 1.37. The number of nitrogens with one attached hydrogen (secondary N) is 1. The smallest absolute Gasteiger partial charge is 0.312 e. The molecular weight excluding hydrogens is 351 g/mol. The van der Waals surface area contributed by atoms with E-state index in [0.29, 0.717) is 34.3 Å². The third-order valence-electron chi connectivity index (χ3n) is 4.36. The van der Waals surface area contributed by atoms with Gasteiger partial charge in [-0.25, -0.2) is 4.98 Å². The summed E-state index contributed by atoms with van der Waals surface area (Å²) in [5.41, 5.74) is 0.221. The van der Waals surface area contributed by atoms with Crippen LogP contribution >= 0.6 is 11.3 Å². The molecule has 0 radical (unpaired) electrons. The van der Waals surface area contributed by atoms with Crippen molar-refractivity contribution in [1.82, 2.24) is 14.9 Å². The maximum Gasteiger partial charge on any atom is 0.413 e. The lowest BCUT2D eigenvalue weighted by Gasteiger charge is -2.23.